The Morgan fingerprint density at radius 1 is 1.38 bits per heavy atom. The predicted molar refractivity (Wildman–Crippen MR) is 54.4 cm³/mol. The van der Waals surface area contributed by atoms with Crippen LogP contribution in [0.5, 0.6) is 0 Å². The number of halogens is 1. The molecule has 0 N–H and O–H groups in total. The zero-order valence-corrected chi connectivity index (χ0v) is 8.71. The van der Waals surface area contributed by atoms with E-state index in [0.717, 1.165) is 15.7 Å². The van der Waals surface area contributed by atoms with Gasteiger partial charge in [0.25, 0.3) is 0 Å². The van der Waals surface area contributed by atoms with Crippen LogP contribution in [0.3, 0.4) is 0 Å². The fourth-order valence-electron chi connectivity index (χ4n) is 1.14. The van der Waals surface area contributed by atoms with Gasteiger partial charge >= 0.3 is 0 Å². The van der Waals surface area contributed by atoms with Gasteiger partial charge in [0.1, 0.15) is 12.0 Å². The van der Waals surface area contributed by atoms with Crippen LogP contribution in [0.2, 0.25) is 0 Å². The summed E-state index contributed by atoms with van der Waals surface area (Å²) < 4.78 is 6.18. The Bertz CT molecular complexity index is 422. The van der Waals surface area contributed by atoms with Crippen LogP contribution in [0.1, 0.15) is 5.89 Å². The minimum Gasteiger partial charge on any atom is -0.449 e. The van der Waals surface area contributed by atoms with Crippen LogP contribution in [0.4, 0.5) is 0 Å². The molecule has 2 aromatic rings. The minimum atomic E-state index is 0.690. The third-order valence-corrected chi connectivity index (χ3v) is 2.23. The molecule has 0 spiro atoms. The van der Waals surface area contributed by atoms with Crippen molar-refractivity contribution in [2.24, 2.45) is 0 Å². The van der Waals surface area contributed by atoms with Crippen LogP contribution in [-0.4, -0.2) is 4.98 Å². The van der Waals surface area contributed by atoms with Crippen molar-refractivity contribution in [2.75, 3.05) is 0 Å². The van der Waals surface area contributed by atoms with Gasteiger partial charge in [0.05, 0.1) is 0 Å². The van der Waals surface area contributed by atoms with Crippen molar-refractivity contribution < 1.29 is 4.42 Å². The molecule has 0 saturated carbocycles. The van der Waals surface area contributed by atoms with Crippen molar-refractivity contribution in [3.63, 3.8) is 0 Å². The average Bonchev–Trinajstić information content (AvgIpc) is 2.52. The first kappa shape index (κ1) is 8.51. The van der Waals surface area contributed by atoms with Gasteiger partial charge in [-0.3, -0.25) is 0 Å². The molecule has 0 bridgehead atoms. The van der Waals surface area contributed by atoms with Crippen LogP contribution in [0, 0.1) is 6.92 Å². The second-order valence-corrected chi connectivity index (χ2v) is 3.68. The molecule has 2 nitrogen and oxygen atoms in total. The van der Waals surface area contributed by atoms with E-state index >= 15 is 0 Å². The fourth-order valence-corrected chi connectivity index (χ4v) is 1.54. The summed E-state index contributed by atoms with van der Waals surface area (Å²) in [6.45, 7) is 1.83. The first-order valence-electron chi connectivity index (χ1n) is 3.94. The second-order valence-electron chi connectivity index (χ2n) is 2.76. The van der Waals surface area contributed by atoms with E-state index in [1.807, 2.05) is 31.2 Å². The maximum absolute atomic E-state index is 5.13. The third-order valence-electron chi connectivity index (χ3n) is 1.74. The van der Waals surface area contributed by atoms with Gasteiger partial charge in [-0.1, -0.05) is 28.1 Å². The number of benzene rings is 1. The summed E-state index contributed by atoms with van der Waals surface area (Å²) in [5.41, 5.74) is 1.94. The van der Waals surface area contributed by atoms with Crippen molar-refractivity contribution in [1.29, 1.82) is 0 Å². The maximum atomic E-state index is 5.13. The van der Waals surface area contributed by atoms with Crippen molar-refractivity contribution in [3.8, 4) is 11.3 Å². The standard InChI is InChI=1S/C10H8BrNO/c1-7-12-10(6-13-7)8-3-2-4-9(11)5-8/h2-6H,1H3. The second kappa shape index (κ2) is 3.34. The van der Waals surface area contributed by atoms with Crippen LogP contribution in [-0.2, 0) is 0 Å². The Hall–Kier alpha value is -1.09. The largest absolute Gasteiger partial charge is 0.449 e. The summed E-state index contributed by atoms with van der Waals surface area (Å²) in [7, 11) is 0. The lowest BCUT2D eigenvalue weighted by Crippen LogP contribution is -1.77. The zero-order valence-electron chi connectivity index (χ0n) is 7.12. The summed E-state index contributed by atoms with van der Waals surface area (Å²) in [4.78, 5) is 4.23. The van der Waals surface area contributed by atoms with E-state index in [-0.39, 0.29) is 0 Å². The van der Waals surface area contributed by atoms with Gasteiger partial charge in [-0.15, -0.1) is 0 Å². The maximum Gasteiger partial charge on any atom is 0.191 e. The summed E-state index contributed by atoms with van der Waals surface area (Å²) >= 11 is 3.41. The first-order valence-corrected chi connectivity index (χ1v) is 4.73. The lowest BCUT2D eigenvalue weighted by Gasteiger charge is -1.95. The molecule has 13 heavy (non-hydrogen) atoms. The van der Waals surface area contributed by atoms with E-state index in [1.165, 1.54) is 0 Å². The number of nitrogens with zero attached hydrogens (tertiary/aromatic N) is 1. The zero-order chi connectivity index (χ0) is 9.26. The normalized spacial score (nSPS) is 10.3. The van der Waals surface area contributed by atoms with Gasteiger partial charge in [0.15, 0.2) is 5.89 Å². The lowest BCUT2D eigenvalue weighted by molar-refractivity contribution is 0.521. The quantitative estimate of drug-likeness (QED) is 0.760. The molecule has 1 aromatic heterocycles. The van der Waals surface area contributed by atoms with Gasteiger partial charge in [-0.2, -0.15) is 0 Å². The molecule has 66 valence electrons. The Balaban J connectivity index is 2.46. The highest BCUT2D eigenvalue weighted by atomic mass is 79.9. The minimum absolute atomic E-state index is 0.690. The molecule has 0 atom stereocenters. The summed E-state index contributed by atoms with van der Waals surface area (Å²) in [5.74, 6) is 0.690. The van der Waals surface area contributed by atoms with Gasteiger partial charge in [0, 0.05) is 17.0 Å². The number of hydrogen-bond acceptors (Lipinski definition) is 2. The highest BCUT2D eigenvalue weighted by molar-refractivity contribution is 9.10. The average molecular weight is 238 g/mol. The molecule has 0 saturated heterocycles. The molecule has 0 fully saturated rings. The number of hydrogen-bond donors (Lipinski definition) is 0. The number of aryl methyl sites for hydroxylation is 1. The molecular weight excluding hydrogens is 230 g/mol. The summed E-state index contributed by atoms with van der Waals surface area (Å²) in [6, 6.07) is 7.97. The van der Waals surface area contributed by atoms with Crippen LogP contribution in [0.15, 0.2) is 39.4 Å². The Morgan fingerprint density at radius 2 is 2.23 bits per heavy atom. The Kier molecular flexibility index (Phi) is 2.19. The van der Waals surface area contributed by atoms with Crippen LogP contribution >= 0.6 is 15.9 Å². The molecule has 0 aliphatic heterocycles. The van der Waals surface area contributed by atoms with Crippen LogP contribution < -0.4 is 0 Å². The molecule has 0 aliphatic carbocycles. The van der Waals surface area contributed by atoms with Crippen molar-refractivity contribution in [3.05, 3.63) is 40.9 Å². The van der Waals surface area contributed by atoms with Gasteiger partial charge in [-0.25, -0.2) is 4.98 Å². The molecule has 0 radical (unpaired) electrons. The SMILES string of the molecule is Cc1nc(-c2cccc(Br)c2)co1. The highest BCUT2D eigenvalue weighted by Gasteiger charge is 2.02. The summed E-state index contributed by atoms with van der Waals surface area (Å²) in [5, 5.41) is 0. The van der Waals surface area contributed by atoms with Crippen LogP contribution in [0.25, 0.3) is 11.3 Å². The molecule has 0 amide bonds. The van der Waals surface area contributed by atoms with Crippen molar-refractivity contribution in [1.82, 2.24) is 4.98 Å². The van der Waals surface area contributed by atoms with E-state index in [0.29, 0.717) is 5.89 Å². The van der Waals surface area contributed by atoms with Gasteiger partial charge < -0.3 is 4.42 Å². The molecule has 1 aromatic carbocycles. The Labute approximate surface area is 84.7 Å². The van der Waals surface area contributed by atoms with Crippen molar-refractivity contribution >= 4 is 15.9 Å². The molecular formula is C10H8BrNO. The van der Waals surface area contributed by atoms with E-state index in [4.69, 9.17) is 4.42 Å². The number of oxazole rings is 1. The fraction of sp³-hybridized carbons (Fsp3) is 0.100. The number of rotatable bonds is 1. The smallest absolute Gasteiger partial charge is 0.191 e. The Morgan fingerprint density at radius 3 is 2.85 bits per heavy atom. The molecule has 3 heteroatoms. The molecule has 0 unspecified atom stereocenters. The lowest BCUT2D eigenvalue weighted by atomic mass is 10.2. The highest BCUT2D eigenvalue weighted by Crippen LogP contribution is 2.21. The summed E-state index contributed by atoms with van der Waals surface area (Å²) in [6.07, 6.45) is 1.66. The van der Waals surface area contributed by atoms with E-state index in [9.17, 15) is 0 Å². The molecule has 0 aliphatic rings. The van der Waals surface area contributed by atoms with Crippen molar-refractivity contribution in [2.45, 2.75) is 6.92 Å². The first-order chi connectivity index (χ1) is 6.25. The number of aromatic nitrogens is 1. The van der Waals surface area contributed by atoms with Gasteiger partial charge in [-0.05, 0) is 12.1 Å². The van der Waals surface area contributed by atoms with E-state index in [1.54, 1.807) is 6.26 Å². The van der Waals surface area contributed by atoms with Gasteiger partial charge in [0.2, 0.25) is 0 Å². The molecule has 2 rings (SSSR count). The molecule has 1 heterocycles. The monoisotopic (exact) mass is 237 g/mol. The topological polar surface area (TPSA) is 26.0 Å². The van der Waals surface area contributed by atoms with E-state index in [2.05, 4.69) is 20.9 Å². The van der Waals surface area contributed by atoms with E-state index < -0.39 is 0 Å². The third kappa shape index (κ3) is 1.80. The predicted octanol–water partition coefficient (Wildman–Crippen LogP) is 3.41.